The Bertz CT molecular complexity index is 367. The second-order valence-electron chi connectivity index (χ2n) is 3.79. The molecule has 1 amide bonds. The zero-order valence-electron chi connectivity index (χ0n) is 8.61. The lowest BCUT2D eigenvalue weighted by molar-refractivity contribution is 0.0934. The van der Waals surface area contributed by atoms with E-state index in [-0.39, 0.29) is 24.4 Å². The standard InChI is InChI=1S/C10H13IN2OS.ClH/c11-9-3-7(5-15-9)10(14)13-8(4-12)6-1-2-6;/h3,5-6,8H,1-2,4,12H2,(H,13,14);1H. The first-order chi connectivity index (χ1) is 7.20. The van der Waals surface area contributed by atoms with E-state index in [4.69, 9.17) is 5.73 Å². The number of amides is 1. The Balaban J connectivity index is 0.00000128. The van der Waals surface area contributed by atoms with Crippen LogP contribution in [-0.4, -0.2) is 18.5 Å². The van der Waals surface area contributed by atoms with Crippen LogP contribution in [0.3, 0.4) is 0 Å². The fourth-order valence-corrected chi connectivity index (χ4v) is 2.88. The lowest BCUT2D eigenvalue weighted by Crippen LogP contribution is -2.41. The first kappa shape index (κ1) is 14.2. The SMILES string of the molecule is Cl.NCC(NC(=O)c1csc(I)c1)C1CC1. The lowest BCUT2D eigenvalue weighted by atomic mass is 10.2. The van der Waals surface area contributed by atoms with Gasteiger partial charge in [-0.2, -0.15) is 0 Å². The van der Waals surface area contributed by atoms with Gasteiger partial charge in [0.25, 0.3) is 5.91 Å². The third kappa shape index (κ3) is 3.58. The molecule has 0 radical (unpaired) electrons. The van der Waals surface area contributed by atoms with Gasteiger partial charge in [-0.15, -0.1) is 23.7 Å². The molecule has 1 saturated carbocycles. The number of carbonyl (C=O) groups excluding carboxylic acids is 1. The minimum absolute atomic E-state index is 0. The van der Waals surface area contributed by atoms with Crippen molar-refractivity contribution in [3.05, 3.63) is 19.9 Å². The molecule has 1 aromatic heterocycles. The average Bonchev–Trinajstić information content (AvgIpc) is 2.97. The molecule has 1 aromatic rings. The van der Waals surface area contributed by atoms with Crippen molar-refractivity contribution in [3.63, 3.8) is 0 Å². The number of thiophene rings is 1. The maximum absolute atomic E-state index is 11.8. The van der Waals surface area contributed by atoms with E-state index in [2.05, 4.69) is 27.9 Å². The Morgan fingerprint density at radius 3 is 2.81 bits per heavy atom. The topological polar surface area (TPSA) is 55.1 Å². The highest BCUT2D eigenvalue weighted by atomic mass is 127. The van der Waals surface area contributed by atoms with Crippen LogP contribution in [-0.2, 0) is 0 Å². The molecular formula is C10H14ClIN2OS. The summed E-state index contributed by atoms with van der Waals surface area (Å²) in [6.07, 6.45) is 2.40. The molecule has 1 fully saturated rings. The highest BCUT2D eigenvalue weighted by molar-refractivity contribution is 14.1. The van der Waals surface area contributed by atoms with Crippen LogP contribution in [0.1, 0.15) is 23.2 Å². The number of rotatable bonds is 4. The molecule has 0 spiro atoms. The Kier molecular flexibility index (Phi) is 5.49. The van der Waals surface area contributed by atoms with Gasteiger partial charge in [-0.3, -0.25) is 4.79 Å². The summed E-state index contributed by atoms with van der Waals surface area (Å²) in [5.41, 5.74) is 6.38. The van der Waals surface area contributed by atoms with Gasteiger partial charge in [0.2, 0.25) is 0 Å². The minimum Gasteiger partial charge on any atom is -0.348 e. The second kappa shape index (κ2) is 6.18. The minimum atomic E-state index is 0. The zero-order chi connectivity index (χ0) is 10.8. The Morgan fingerprint density at radius 2 is 2.38 bits per heavy atom. The van der Waals surface area contributed by atoms with E-state index in [1.54, 1.807) is 11.3 Å². The molecule has 0 aliphatic heterocycles. The van der Waals surface area contributed by atoms with Crippen molar-refractivity contribution < 1.29 is 4.79 Å². The summed E-state index contributed by atoms with van der Waals surface area (Å²) in [6, 6.07) is 2.07. The molecule has 6 heteroatoms. The molecule has 1 atom stereocenters. The number of nitrogens with two attached hydrogens (primary N) is 1. The monoisotopic (exact) mass is 372 g/mol. The molecule has 1 unspecified atom stereocenters. The molecule has 3 N–H and O–H groups in total. The molecule has 16 heavy (non-hydrogen) atoms. The first-order valence-electron chi connectivity index (χ1n) is 4.95. The van der Waals surface area contributed by atoms with Crippen LogP contribution in [0.25, 0.3) is 0 Å². The van der Waals surface area contributed by atoms with Gasteiger partial charge in [0.15, 0.2) is 0 Å². The summed E-state index contributed by atoms with van der Waals surface area (Å²) >= 11 is 3.80. The number of hydrogen-bond acceptors (Lipinski definition) is 3. The van der Waals surface area contributed by atoms with Crippen LogP contribution in [0.15, 0.2) is 11.4 Å². The summed E-state index contributed by atoms with van der Waals surface area (Å²) in [5.74, 6) is 0.619. The van der Waals surface area contributed by atoms with E-state index in [1.807, 2.05) is 11.4 Å². The fourth-order valence-electron chi connectivity index (χ4n) is 1.55. The van der Waals surface area contributed by atoms with Crippen LogP contribution < -0.4 is 11.1 Å². The van der Waals surface area contributed by atoms with E-state index in [0.29, 0.717) is 12.5 Å². The predicted octanol–water partition coefficient (Wildman–Crippen LogP) is 2.24. The van der Waals surface area contributed by atoms with E-state index in [0.717, 1.165) is 8.45 Å². The van der Waals surface area contributed by atoms with Crippen molar-refractivity contribution in [1.82, 2.24) is 5.32 Å². The van der Waals surface area contributed by atoms with E-state index in [9.17, 15) is 4.79 Å². The maximum Gasteiger partial charge on any atom is 0.252 e. The molecule has 0 saturated heterocycles. The van der Waals surface area contributed by atoms with Gasteiger partial charge in [0, 0.05) is 18.0 Å². The summed E-state index contributed by atoms with van der Waals surface area (Å²) in [4.78, 5) is 11.8. The van der Waals surface area contributed by atoms with Crippen LogP contribution in [0, 0.1) is 8.80 Å². The van der Waals surface area contributed by atoms with Crippen molar-refractivity contribution in [3.8, 4) is 0 Å². The van der Waals surface area contributed by atoms with Crippen molar-refractivity contribution >= 4 is 52.2 Å². The van der Waals surface area contributed by atoms with Gasteiger partial charge < -0.3 is 11.1 Å². The van der Waals surface area contributed by atoms with Gasteiger partial charge in [0.1, 0.15) is 0 Å². The van der Waals surface area contributed by atoms with Gasteiger partial charge in [-0.1, -0.05) is 0 Å². The van der Waals surface area contributed by atoms with Crippen LogP contribution >= 0.6 is 46.3 Å². The van der Waals surface area contributed by atoms with E-state index in [1.165, 1.54) is 12.8 Å². The van der Waals surface area contributed by atoms with Crippen molar-refractivity contribution in [2.75, 3.05) is 6.54 Å². The molecule has 90 valence electrons. The Labute approximate surface area is 119 Å². The number of carbonyl (C=O) groups is 1. The quantitative estimate of drug-likeness (QED) is 0.797. The summed E-state index contributed by atoms with van der Waals surface area (Å²) in [6.45, 7) is 0.539. The lowest BCUT2D eigenvalue weighted by Gasteiger charge is -2.15. The van der Waals surface area contributed by atoms with E-state index < -0.39 is 0 Å². The van der Waals surface area contributed by atoms with Crippen LogP contribution in [0.2, 0.25) is 0 Å². The molecule has 1 aliphatic rings. The van der Waals surface area contributed by atoms with Crippen molar-refractivity contribution in [2.24, 2.45) is 11.7 Å². The summed E-state index contributed by atoms with van der Waals surface area (Å²) < 4.78 is 1.13. The molecule has 1 aliphatic carbocycles. The highest BCUT2D eigenvalue weighted by Crippen LogP contribution is 2.32. The largest absolute Gasteiger partial charge is 0.348 e. The maximum atomic E-state index is 11.8. The Hall–Kier alpha value is 0.150. The fraction of sp³-hybridized carbons (Fsp3) is 0.500. The number of nitrogens with one attached hydrogen (secondary N) is 1. The summed E-state index contributed by atoms with van der Waals surface area (Å²) in [7, 11) is 0. The molecule has 1 heterocycles. The Morgan fingerprint density at radius 1 is 1.69 bits per heavy atom. The average molecular weight is 373 g/mol. The van der Waals surface area contributed by atoms with Gasteiger partial charge in [-0.05, 0) is 47.4 Å². The zero-order valence-corrected chi connectivity index (χ0v) is 12.4. The van der Waals surface area contributed by atoms with Crippen LogP contribution in [0.5, 0.6) is 0 Å². The molecule has 3 nitrogen and oxygen atoms in total. The first-order valence-corrected chi connectivity index (χ1v) is 6.91. The summed E-state index contributed by atoms with van der Waals surface area (Å²) in [5, 5.41) is 4.88. The second-order valence-corrected chi connectivity index (χ2v) is 6.60. The third-order valence-corrected chi connectivity index (χ3v) is 4.38. The molecule has 2 rings (SSSR count). The number of halogens is 2. The van der Waals surface area contributed by atoms with Crippen molar-refractivity contribution in [2.45, 2.75) is 18.9 Å². The van der Waals surface area contributed by atoms with Crippen LogP contribution in [0.4, 0.5) is 0 Å². The number of hydrogen-bond donors (Lipinski definition) is 2. The molecule has 0 bridgehead atoms. The smallest absolute Gasteiger partial charge is 0.252 e. The molecular weight excluding hydrogens is 359 g/mol. The third-order valence-electron chi connectivity index (χ3n) is 2.59. The normalized spacial score (nSPS) is 16.4. The highest BCUT2D eigenvalue weighted by Gasteiger charge is 2.31. The van der Waals surface area contributed by atoms with E-state index >= 15 is 0 Å². The predicted molar refractivity (Wildman–Crippen MR) is 77.3 cm³/mol. The van der Waals surface area contributed by atoms with Gasteiger partial charge in [0.05, 0.1) is 8.45 Å². The van der Waals surface area contributed by atoms with Gasteiger partial charge >= 0.3 is 0 Å². The molecule has 0 aromatic carbocycles. The van der Waals surface area contributed by atoms with Crippen molar-refractivity contribution in [1.29, 1.82) is 0 Å². The van der Waals surface area contributed by atoms with Gasteiger partial charge in [-0.25, -0.2) is 0 Å².